The number of pyridine rings is 2. The maximum Gasteiger partial charge on any atom is 0.223 e. The summed E-state index contributed by atoms with van der Waals surface area (Å²) >= 11 is 5.99. The summed E-state index contributed by atoms with van der Waals surface area (Å²) in [4.78, 5) is 8.43. The van der Waals surface area contributed by atoms with E-state index in [0.717, 1.165) is 10.8 Å². The minimum atomic E-state index is -0.973. The van der Waals surface area contributed by atoms with E-state index in [9.17, 15) is 9.32 Å². The third kappa shape index (κ3) is 3.33. The van der Waals surface area contributed by atoms with Gasteiger partial charge in [0.1, 0.15) is 11.3 Å². The van der Waals surface area contributed by atoms with Crippen LogP contribution in [0.2, 0.25) is 5.15 Å². The summed E-state index contributed by atoms with van der Waals surface area (Å²) in [5.41, 5.74) is 0.712. The first-order valence-corrected chi connectivity index (χ1v) is 9.26. The van der Waals surface area contributed by atoms with Crippen molar-refractivity contribution < 1.29 is 14.1 Å². The fraction of sp³-hybridized carbons (Fsp3) is 0.467. The third-order valence-corrected chi connectivity index (χ3v) is 5.17. The van der Waals surface area contributed by atoms with Crippen LogP contribution in [0, 0.1) is 0 Å². The molecule has 1 aliphatic heterocycles. The molecular weight excluding hydrogens is 338 g/mol. The van der Waals surface area contributed by atoms with Crippen LogP contribution < -0.4 is 4.74 Å². The SMILES string of the molecule is CCC(O)c1cnc(OC2CN(S(C)=O)C2)c2cnc(Cl)cc12. The smallest absolute Gasteiger partial charge is 0.223 e. The first-order valence-electron chi connectivity index (χ1n) is 7.37. The molecule has 2 atom stereocenters. The molecule has 8 heteroatoms. The number of hydrogen-bond acceptors (Lipinski definition) is 5. The third-order valence-electron chi connectivity index (χ3n) is 3.94. The quantitative estimate of drug-likeness (QED) is 0.831. The van der Waals surface area contributed by atoms with E-state index in [1.54, 1.807) is 24.7 Å². The van der Waals surface area contributed by atoms with Gasteiger partial charge in [0, 0.05) is 37.3 Å². The summed E-state index contributed by atoms with van der Waals surface area (Å²) in [6.07, 6.45) is 4.80. The predicted molar refractivity (Wildman–Crippen MR) is 89.9 cm³/mol. The molecule has 0 aliphatic carbocycles. The summed E-state index contributed by atoms with van der Waals surface area (Å²) < 4.78 is 19.1. The molecule has 0 amide bonds. The van der Waals surface area contributed by atoms with Crippen molar-refractivity contribution in [2.24, 2.45) is 0 Å². The highest BCUT2D eigenvalue weighted by Crippen LogP contribution is 2.32. The lowest BCUT2D eigenvalue weighted by Gasteiger charge is -2.36. The summed E-state index contributed by atoms with van der Waals surface area (Å²) in [6, 6.07) is 1.72. The molecule has 1 saturated heterocycles. The highest BCUT2D eigenvalue weighted by Gasteiger charge is 2.31. The summed E-state index contributed by atoms with van der Waals surface area (Å²) in [7, 11) is -0.973. The van der Waals surface area contributed by atoms with Gasteiger partial charge >= 0.3 is 0 Å². The van der Waals surface area contributed by atoms with E-state index in [2.05, 4.69) is 9.97 Å². The zero-order chi connectivity index (χ0) is 16.6. The van der Waals surface area contributed by atoms with Gasteiger partial charge in [-0.05, 0) is 17.9 Å². The molecule has 3 heterocycles. The van der Waals surface area contributed by atoms with Crippen molar-refractivity contribution in [2.75, 3.05) is 19.3 Å². The molecule has 2 aromatic heterocycles. The van der Waals surface area contributed by atoms with Crippen molar-refractivity contribution in [3.8, 4) is 5.88 Å². The molecule has 0 bridgehead atoms. The number of aliphatic hydroxyl groups is 1. The molecule has 6 nitrogen and oxygen atoms in total. The molecule has 0 spiro atoms. The van der Waals surface area contributed by atoms with Crippen LogP contribution in [0.3, 0.4) is 0 Å². The van der Waals surface area contributed by atoms with Crippen molar-refractivity contribution in [3.63, 3.8) is 0 Å². The number of hydrogen-bond donors (Lipinski definition) is 1. The lowest BCUT2D eigenvalue weighted by atomic mass is 10.0. The molecule has 0 saturated carbocycles. The average Bonchev–Trinajstić information content (AvgIpc) is 2.48. The Morgan fingerprint density at radius 1 is 1.43 bits per heavy atom. The Labute approximate surface area is 142 Å². The highest BCUT2D eigenvalue weighted by atomic mass is 35.5. The van der Waals surface area contributed by atoms with Gasteiger partial charge in [-0.3, -0.25) is 0 Å². The maximum atomic E-state index is 11.3. The molecule has 23 heavy (non-hydrogen) atoms. The molecular formula is C15H18ClN3O3S. The van der Waals surface area contributed by atoms with Crippen LogP contribution in [0.1, 0.15) is 25.0 Å². The number of aromatic nitrogens is 2. The van der Waals surface area contributed by atoms with Crippen LogP contribution in [0.5, 0.6) is 5.88 Å². The molecule has 0 radical (unpaired) electrons. The fourth-order valence-corrected chi connectivity index (χ4v) is 3.44. The maximum absolute atomic E-state index is 11.3. The molecule has 2 aromatic rings. The molecule has 1 N–H and O–H groups in total. The van der Waals surface area contributed by atoms with Gasteiger partial charge in [-0.2, -0.15) is 0 Å². The van der Waals surface area contributed by atoms with Gasteiger partial charge in [0.15, 0.2) is 0 Å². The second-order valence-electron chi connectivity index (χ2n) is 5.51. The van der Waals surface area contributed by atoms with Gasteiger partial charge < -0.3 is 9.84 Å². The monoisotopic (exact) mass is 355 g/mol. The minimum Gasteiger partial charge on any atom is -0.471 e. The number of aliphatic hydroxyl groups excluding tert-OH is 1. The molecule has 124 valence electrons. The molecule has 1 aliphatic rings. The standard InChI is InChI=1S/C15H18ClN3O3S/c1-3-13(20)11-5-18-15(12-6-17-14(16)4-10(11)12)22-9-7-19(8-9)23(2)21/h4-6,9,13,20H,3,7-8H2,1-2H3. The predicted octanol–water partition coefficient (Wildman–Crippen LogP) is 2.08. The first kappa shape index (κ1) is 16.6. The number of ether oxygens (including phenoxy) is 1. The highest BCUT2D eigenvalue weighted by molar-refractivity contribution is 7.81. The van der Waals surface area contributed by atoms with Crippen LogP contribution in [-0.4, -0.2) is 49.0 Å². The van der Waals surface area contributed by atoms with E-state index in [-0.39, 0.29) is 6.10 Å². The largest absolute Gasteiger partial charge is 0.471 e. The molecule has 0 aromatic carbocycles. The van der Waals surface area contributed by atoms with Crippen molar-refractivity contribution in [1.82, 2.24) is 14.3 Å². The number of rotatable bonds is 5. The minimum absolute atomic E-state index is 0.0489. The Hall–Kier alpha value is -1.28. The normalized spacial score (nSPS) is 18.6. The zero-order valence-corrected chi connectivity index (χ0v) is 14.5. The second kappa shape index (κ2) is 6.68. The Bertz CT molecular complexity index is 752. The van der Waals surface area contributed by atoms with E-state index >= 15 is 0 Å². The Morgan fingerprint density at radius 2 is 2.17 bits per heavy atom. The number of nitrogens with zero attached hydrogens (tertiary/aromatic N) is 3. The molecule has 1 fully saturated rings. The van der Waals surface area contributed by atoms with Crippen molar-refractivity contribution in [3.05, 3.63) is 29.2 Å². The molecule has 2 unspecified atom stereocenters. The van der Waals surface area contributed by atoms with Gasteiger partial charge in [-0.1, -0.05) is 18.5 Å². The average molecular weight is 356 g/mol. The van der Waals surface area contributed by atoms with Gasteiger partial charge in [0.2, 0.25) is 5.88 Å². The van der Waals surface area contributed by atoms with E-state index in [0.29, 0.717) is 36.1 Å². The summed E-state index contributed by atoms with van der Waals surface area (Å²) in [5.74, 6) is 0.461. The van der Waals surface area contributed by atoms with E-state index in [1.165, 1.54) is 0 Å². The van der Waals surface area contributed by atoms with Crippen LogP contribution in [0.4, 0.5) is 0 Å². The van der Waals surface area contributed by atoms with Gasteiger partial charge in [-0.15, -0.1) is 0 Å². The van der Waals surface area contributed by atoms with Gasteiger partial charge in [0.25, 0.3) is 0 Å². The lowest BCUT2D eigenvalue weighted by molar-refractivity contribution is 0.0775. The van der Waals surface area contributed by atoms with Crippen LogP contribution in [-0.2, 0) is 11.0 Å². The second-order valence-corrected chi connectivity index (χ2v) is 7.26. The first-order chi connectivity index (χ1) is 11.0. The van der Waals surface area contributed by atoms with E-state index < -0.39 is 17.1 Å². The van der Waals surface area contributed by atoms with E-state index in [1.807, 2.05) is 11.2 Å². The summed E-state index contributed by atoms with van der Waals surface area (Å²) in [5, 5.41) is 12.0. The topological polar surface area (TPSA) is 75.6 Å². The van der Waals surface area contributed by atoms with Crippen LogP contribution in [0.15, 0.2) is 18.5 Å². The van der Waals surface area contributed by atoms with Crippen LogP contribution in [0.25, 0.3) is 10.8 Å². The zero-order valence-electron chi connectivity index (χ0n) is 12.9. The van der Waals surface area contributed by atoms with Crippen molar-refractivity contribution in [1.29, 1.82) is 0 Å². The lowest BCUT2D eigenvalue weighted by Crippen LogP contribution is -2.54. The van der Waals surface area contributed by atoms with Crippen molar-refractivity contribution >= 4 is 33.4 Å². The summed E-state index contributed by atoms with van der Waals surface area (Å²) in [6.45, 7) is 3.11. The molecule has 3 rings (SSSR count). The fourth-order valence-electron chi connectivity index (χ4n) is 2.53. The van der Waals surface area contributed by atoms with Crippen molar-refractivity contribution in [2.45, 2.75) is 25.6 Å². The number of fused-ring (bicyclic) bond motifs is 1. The van der Waals surface area contributed by atoms with Gasteiger partial charge in [-0.25, -0.2) is 18.5 Å². The van der Waals surface area contributed by atoms with Crippen LogP contribution >= 0.6 is 11.6 Å². The van der Waals surface area contributed by atoms with Gasteiger partial charge in [0.05, 0.1) is 22.5 Å². The number of halogens is 1. The Morgan fingerprint density at radius 3 is 2.83 bits per heavy atom. The Balaban J connectivity index is 1.92. The van der Waals surface area contributed by atoms with E-state index in [4.69, 9.17) is 16.3 Å². The Kier molecular flexibility index (Phi) is 4.82.